The second kappa shape index (κ2) is 6.58. The van der Waals surface area contributed by atoms with Crippen molar-refractivity contribution >= 4 is 17.3 Å². The van der Waals surface area contributed by atoms with E-state index >= 15 is 0 Å². The number of benzene rings is 2. The Morgan fingerprint density at radius 2 is 2.05 bits per heavy atom. The fraction of sp³-hybridized carbons (Fsp3) is 0.176. The molecule has 106 valence electrons. The van der Waals surface area contributed by atoms with E-state index < -0.39 is 0 Å². The Kier molecular flexibility index (Phi) is 4.57. The van der Waals surface area contributed by atoms with E-state index in [1.54, 1.807) is 30.3 Å². The Morgan fingerprint density at radius 3 is 2.76 bits per heavy atom. The predicted octanol–water partition coefficient (Wildman–Crippen LogP) is 3.55. The van der Waals surface area contributed by atoms with Gasteiger partial charge in [-0.3, -0.25) is 4.79 Å². The van der Waals surface area contributed by atoms with Gasteiger partial charge in [0.05, 0.1) is 17.2 Å². The third-order valence-electron chi connectivity index (χ3n) is 3.04. The summed E-state index contributed by atoms with van der Waals surface area (Å²) in [6, 6.07) is 14.6. The highest BCUT2D eigenvalue weighted by molar-refractivity contribution is 6.08. The highest BCUT2D eigenvalue weighted by Gasteiger charge is 2.11. The van der Waals surface area contributed by atoms with Crippen molar-refractivity contribution in [2.24, 2.45) is 0 Å². The lowest BCUT2D eigenvalue weighted by molar-refractivity contribution is 0.102. The zero-order valence-corrected chi connectivity index (χ0v) is 12.1. The molecule has 0 saturated heterocycles. The first-order valence-corrected chi connectivity index (χ1v) is 6.80. The number of nitrogens with one attached hydrogen (secondary N) is 2. The first kappa shape index (κ1) is 14.6. The number of carbonyl (C=O) groups excluding carboxylic acids is 1. The molecule has 0 heterocycles. The van der Waals surface area contributed by atoms with Gasteiger partial charge in [-0.05, 0) is 49.7 Å². The maximum absolute atomic E-state index is 12.4. The number of aryl methyl sites for hydroxylation is 1. The molecule has 0 saturated carbocycles. The zero-order chi connectivity index (χ0) is 15.2. The number of hydrogen-bond acceptors (Lipinski definition) is 3. The maximum atomic E-state index is 12.4. The van der Waals surface area contributed by atoms with Gasteiger partial charge in [-0.15, -0.1) is 0 Å². The second-order valence-electron chi connectivity index (χ2n) is 4.73. The number of hydrogen-bond donors (Lipinski definition) is 2. The van der Waals surface area contributed by atoms with E-state index in [1.165, 1.54) is 0 Å². The normalized spacial score (nSPS) is 9.76. The van der Waals surface area contributed by atoms with Crippen LogP contribution in [0.15, 0.2) is 42.5 Å². The third-order valence-corrected chi connectivity index (χ3v) is 3.04. The molecule has 21 heavy (non-hydrogen) atoms. The molecule has 0 aromatic heterocycles. The van der Waals surface area contributed by atoms with E-state index in [-0.39, 0.29) is 5.91 Å². The fourth-order valence-corrected chi connectivity index (χ4v) is 2.06. The molecule has 2 aromatic carbocycles. The lowest BCUT2D eigenvalue weighted by atomic mass is 10.1. The van der Waals surface area contributed by atoms with Crippen LogP contribution in [-0.2, 0) is 0 Å². The van der Waals surface area contributed by atoms with Crippen molar-refractivity contribution in [3.05, 3.63) is 59.2 Å². The summed E-state index contributed by atoms with van der Waals surface area (Å²) >= 11 is 0. The van der Waals surface area contributed by atoms with Crippen LogP contribution < -0.4 is 10.6 Å². The minimum absolute atomic E-state index is 0.193. The Morgan fingerprint density at radius 1 is 1.24 bits per heavy atom. The standard InChI is InChI=1S/C17H17N3O/c1-3-19-16-9-12(2)7-8-15(16)17(21)20-14-6-4-5-13(10-14)11-18/h4-10,19H,3H2,1-2H3,(H,20,21). The molecule has 0 unspecified atom stereocenters. The van der Waals surface area contributed by atoms with E-state index in [0.29, 0.717) is 16.8 Å². The van der Waals surface area contributed by atoms with Gasteiger partial charge in [0.25, 0.3) is 5.91 Å². The Bertz CT molecular complexity index is 701. The second-order valence-corrected chi connectivity index (χ2v) is 4.73. The van der Waals surface area contributed by atoms with Crippen LogP contribution in [-0.4, -0.2) is 12.5 Å². The SMILES string of the molecule is CCNc1cc(C)ccc1C(=O)Nc1cccc(C#N)c1. The molecule has 1 amide bonds. The molecule has 0 aliphatic heterocycles. The molecule has 0 atom stereocenters. The minimum Gasteiger partial charge on any atom is -0.385 e. The summed E-state index contributed by atoms with van der Waals surface area (Å²) in [4.78, 5) is 12.4. The van der Waals surface area contributed by atoms with Gasteiger partial charge in [-0.1, -0.05) is 12.1 Å². The van der Waals surface area contributed by atoms with E-state index in [2.05, 4.69) is 16.7 Å². The monoisotopic (exact) mass is 279 g/mol. The third kappa shape index (κ3) is 3.61. The van der Waals surface area contributed by atoms with E-state index in [9.17, 15) is 4.79 Å². The lowest BCUT2D eigenvalue weighted by Crippen LogP contribution is -2.15. The van der Waals surface area contributed by atoms with Crippen molar-refractivity contribution in [2.75, 3.05) is 17.2 Å². The maximum Gasteiger partial charge on any atom is 0.257 e. The topological polar surface area (TPSA) is 64.9 Å². The molecule has 0 spiro atoms. The first-order chi connectivity index (χ1) is 10.1. The molecule has 0 bridgehead atoms. The number of nitriles is 1. The molecule has 2 aromatic rings. The number of amides is 1. The average molecular weight is 279 g/mol. The molecule has 0 fully saturated rings. The van der Waals surface area contributed by atoms with Gasteiger partial charge >= 0.3 is 0 Å². The Balaban J connectivity index is 2.26. The van der Waals surface area contributed by atoms with Gasteiger partial charge in [0.2, 0.25) is 0 Å². The number of carbonyl (C=O) groups is 1. The van der Waals surface area contributed by atoms with Crippen LogP contribution >= 0.6 is 0 Å². The average Bonchev–Trinajstić information content (AvgIpc) is 2.48. The molecular formula is C17H17N3O. The summed E-state index contributed by atoms with van der Waals surface area (Å²) in [5.74, 6) is -0.193. The summed E-state index contributed by atoms with van der Waals surface area (Å²) in [7, 11) is 0. The summed E-state index contributed by atoms with van der Waals surface area (Å²) in [5.41, 5.74) is 3.62. The highest BCUT2D eigenvalue weighted by atomic mass is 16.1. The van der Waals surface area contributed by atoms with Crippen molar-refractivity contribution in [1.29, 1.82) is 5.26 Å². The van der Waals surface area contributed by atoms with Gasteiger partial charge in [0, 0.05) is 17.9 Å². The molecule has 0 radical (unpaired) electrons. The Labute approximate surface area is 124 Å². The molecule has 4 nitrogen and oxygen atoms in total. The Hall–Kier alpha value is -2.80. The summed E-state index contributed by atoms with van der Waals surface area (Å²) in [6.07, 6.45) is 0. The molecular weight excluding hydrogens is 262 g/mol. The van der Waals surface area contributed by atoms with Crippen molar-refractivity contribution in [3.8, 4) is 6.07 Å². The van der Waals surface area contributed by atoms with Gasteiger partial charge in [-0.2, -0.15) is 5.26 Å². The first-order valence-electron chi connectivity index (χ1n) is 6.80. The molecule has 2 rings (SSSR count). The zero-order valence-electron chi connectivity index (χ0n) is 12.1. The summed E-state index contributed by atoms with van der Waals surface area (Å²) in [5, 5.41) is 14.9. The van der Waals surface area contributed by atoms with Crippen LogP contribution in [0, 0.1) is 18.3 Å². The molecule has 0 aliphatic carbocycles. The largest absolute Gasteiger partial charge is 0.385 e. The van der Waals surface area contributed by atoms with Gasteiger partial charge < -0.3 is 10.6 Å². The predicted molar refractivity (Wildman–Crippen MR) is 84.5 cm³/mol. The van der Waals surface area contributed by atoms with Crippen LogP contribution in [0.4, 0.5) is 11.4 Å². The van der Waals surface area contributed by atoms with Crippen molar-refractivity contribution in [1.82, 2.24) is 0 Å². The number of nitrogens with zero attached hydrogens (tertiary/aromatic N) is 1. The molecule has 4 heteroatoms. The lowest BCUT2D eigenvalue weighted by Gasteiger charge is -2.12. The minimum atomic E-state index is -0.193. The van der Waals surface area contributed by atoms with Crippen LogP contribution in [0.2, 0.25) is 0 Å². The van der Waals surface area contributed by atoms with Crippen molar-refractivity contribution in [3.63, 3.8) is 0 Å². The van der Waals surface area contributed by atoms with Crippen LogP contribution in [0.5, 0.6) is 0 Å². The fourth-order valence-electron chi connectivity index (χ4n) is 2.06. The highest BCUT2D eigenvalue weighted by Crippen LogP contribution is 2.19. The van der Waals surface area contributed by atoms with Crippen LogP contribution in [0.25, 0.3) is 0 Å². The van der Waals surface area contributed by atoms with E-state index in [1.807, 2.05) is 26.0 Å². The summed E-state index contributed by atoms with van der Waals surface area (Å²) < 4.78 is 0. The van der Waals surface area contributed by atoms with Gasteiger partial charge in [0.15, 0.2) is 0 Å². The molecule has 0 aliphatic rings. The number of rotatable bonds is 4. The quantitative estimate of drug-likeness (QED) is 0.899. The van der Waals surface area contributed by atoms with Gasteiger partial charge in [-0.25, -0.2) is 0 Å². The van der Waals surface area contributed by atoms with E-state index in [4.69, 9.17) is 5.26 Å². The van der Waals surface area contributed by atoms with Crippen LogP contribution in [0.3, 0.4) is 0 Å². The van der Waals surface area contributed by atoms with Crippen molar-refractivity contribution in [2.45, 2.75) is 13.8 Å². The number of anilines is 2. The van der Waals surface area contributed by atoms with E-state index in [0.717, 1.165) is 17.8 Å². The molecule has 2 N–H and O–H groups in total. The smallest absolute Gasteiger partial charge is 0.257 e. The van der Waals surface area contributed by atoms with Gasteiger partial charge in [0.1, 0.15) is 0 Å². The summed E-state index contributed by atoms with van der Waals surface area (Å²) in [6.45, 7) is 4.72. The van der Waals surface area contributed by atoms with Crippen molar-refractivity contribution < 1.29 is 4.79 Å². The van der Waals surface area contributed by atoms with Crippen LogP contribution in [0.1, 0.15) is 28.4 Å².